The lowest BCUT2D eigenvalue weighted by Crippen LogP contribution is -2.26. The zero-order valence-electron chi connectivity index (χ0n) is 9.13. The largest absolute Gasteiger partial charge is 0.323 e. The van der Waals surface area contributed by atoms with Crippen molar-refractivity contribution in [1.29, 1.82) is 0 Å². The number of nitrogens with one attached hydrogen (secondary N) is 1. The molecule has 2 rings (SSSR count). The van der Waals surface area contributed by atoms with Crippen LogP contribution in [0.5, 0.6) is 0 Å². The molecule has 2 heterocycles. The molecule has 0 fully saturated rings. The van der Waals surface area contributed by atoms with E-state index in [2.05, 4.69) is 15.4 Å². The average molecular weight is 237 g/mol. The van der Waals surface area contributed by atoms with Gasteiger partial charge in [-0.05, 0) is 0 Å². The van der Waals surface area contributed by atoms with Gasteiger partial charge in [-0.15, -0.1) is 11.3 Å². The van der Waals surface area contributed by atoms with Gasteiger partial charge in [0.2, 0.25) is 0 Å². The Morgan fingerprint density at radius 2 is 2.50 bits per heavy atom. The Morgan fingerprint density at radius 1 is 1.62 bits per heavy atom. The maximum Gasteiger partial charge on any atom is 0.106 e. The molecule has 0 spiro atoms. The third-order valence-corrected chi connectivity index (χ3v) is 3.06. The molecule has 0 amide bonds. The van der Waals surface area contributed by atoms with Crippen molar-refractivity contribution in [3.8, 4) is 0 Å². The van der Waals surface area contributed by atoms with Crippen LogP contribution in [0.25, 0.3) is 0 Å². The van der Waals surface area contributed by atoms with E-state index in [4.69, 9.17) is 5.73 Å². The van der Waals surface area contributed by atoms with Crippen LogP contribution in [0, 0.1) is 0 Å². The van der Waals surface area contributed by atoms with Crippen molar-refractivity contribution in [1.82, 2.24) is 20.1 Å². The number of hydrogen-bond donors (Lipinski definition) is 2. The highest BCUT2D eigenvalue weighted by molar-refractivity contribution is 7.09. The van der Waals surface area contributed by atoms with Crippen molar-refractivity contribution in [2.24, 2.45) is 12.8 Å². The Hall–Kier alpha value is -1.24. The molecule has 86 valence electrons. The molecule has 0 aliphatic heterocycles. The van der Waals surface area contributed by atoms with Crippen LogP contribution in [0.2, 0.25) is 0 Å². The fraction of sp³-hybridized carbons (Fsp3) is 0.400. The molecule has 0 bridgehead atoms. The van der Waals surface area contributed by atoms with Gasteiger partial charge in [0.1, 0.15) is 5.01 Å². The highest BCUT2D eigenvalue weighted by Crippen LogP contribution is 2.08. The van der Waals surface area contributed by atoms with Gasteiger partial charge >= 0.3 is 0 Å². The number of hydrogen-bond acceptors (Lipinski definition) is 5. The summed E-state index contributed by atoms with van der Waals surface area (Å²) in [6, 6.07) is -0.0198. The molecule has 0 saturated heterocycles. The molecule has 6 heteroatoms. The van der Waals surface area contributed by atoms with Gasteiger partial charge in [0.25, 0.3) is 0 Å². The van der Waals surface area contributed by atoms with Crippen molar-refractivity contribution in [2.75, 3.05) is 6.54 Å². The molecule has 0 radical (unpaired) electrons. The smallest absolute Gasteiger partial charge is 0.106 e. The van der Waals surface area contributed by atoms with E-state index >= 15 is 0 Å². The monoisotopic (exact) mass is 237 g/mol. The first kappa shape index (κ1) is 11.3. The summed E-state index contributed by atoms with van der Waals surface area (Å²) in [6.07, 6.45) is 5.55. The lowest BCUT2D eigenvalue weighted by molar-refractivity contribution is 0.596. The van der Waals surface area contributed by atoms with Crippen LogP contribution in [0.15, 0.2) is 24.0 Å². The van der Waals surface area contributed by atoms with Crippen LogP contribution in [-0.2, 0) is 13.6 Å². The summed E-state index contributed by atoms with van der Waals surface area (Å²) >= 11 is 1.64. The predicted molar refractivity (Wildman–Crippen MR) is 64.0 cm³/mol. The fourth-order valence-electron chi connectivity index (χ4n) is 1.42. The SMILES string of the molecule is Cn1cc(C(N)CNCc2nccs2)cn1. The van der Waals surface area contributed by atoms with Crippen LogP contribution < -0.4 is 11.1 Å². The first-order valence-corrected chi connectivity index (χ1v) is 5.97. The molecule has 0 aliphatic rings. The second-order valence-corrected chi connectivity index (χ2v) is 4.59. The molecule has 1 unspecified atom stereocenters. The third kappa shape index (κ3) is 2.88. The van der Waals surface area contributed by atoms with Crippen molar-refractivity contribution < 1.29 is 0 Å². The number of nitrogens with zero attached hydrogens (tertiary/aromatic N) is 3. The topological polar surface area (TPSA) is 68.8 Å². The third-order valence-electron chi connectivity index (χ3n) is 2.28. The number of aryl methyl sites for hydroxylation is 1. The Kier molecular flexibility index (Phi) is 3.66. The molecule has 2 aromatic heterocycles. The van der Waals surface area contributed by atoms with E-state index in [1.807, 2.05) is 24.8 Å². The van der Waals surface area contributed by atoms with Crippen molar-refractivity contribution in [3.05, 3.63) is 34.5 Å². The first-order valence-electron chi connectivity index (χ1n) is 5.09. The Labute approximate surface area is 98.3 Å². The van der Waals surface area contributed by atoms with E-state index < -0.39 is 0 Å². The maximum absolute atomic E-state index is 6.01. The van der Waals surface area contributed by atoms with Gasteiger partial charge in [0.15, 0.2) is 0 Å². The van der Waals surface area contributed by atoms with Crippen LogP contribution in [0.3, 0.4) is 0 Å². The van der Waals surface area contributed by atoms with Crippen molar-refractivity contribution in [3.63, 3.8) is 0 Å². The lowest BCUT2D eigenvalue weighted by atomic mass is 10.2. The second-order valence-electron chi connectivity index (χ2n) is 3.61. The van der Waals surface area contributed by atoms with E-state index in [0.717, 1.165) is 23.7 Å². The maximum atomic E-state index is 6.01. The Balaban J connectivity index is 1.78. The van der Waals surface area contributed by atoms with E-state index in [1.165, 1.54) is 0 Å². The van der Waals surface area contributed by atoms with Gasteiger partial charge < -0.3 is 11.1 Å². The van der Waals surface area contributed by atoms with Gasteiger partial charge in [-0.3, -0.25) is 4.68 Å². The van der Waals surface area contributed by atoms with Gasteiger partial charge in [0, 0.05) is 49.5 Å². The van der Waals surface area contributed by atoms with E-state index in [-0.39, 0.29) is 6.04 Å². The number of thiazole rings is 1. The Morgan fingerprint density at radius 3 is 3.12 bits per heavy atom. The molecule has 0 aliphatic carbocycles. The van der Waals surface area contributed by atoms with E-state index in [9.17, 15) is 0 Å². The van der Waals surface area contributed by atoms with Crippen molar-refractivity contribution >= 4 is 11.3 Å². The van der Waals surface area contributed by atoms with E-state index in [1.54, 1.807) is 22.2 Å². The van der Waals surface area contributed by atoms with Gasteiger partial charge in [0.05, 0.1) is 6.20 Å². The summed E-state index contributed by atoms with van der Waals surface area (Å²) in [4.78, 5) is 4.19. The zero-order valence-corrected chi connectivity index (χ0v) is 9.94. The number of nitrogens with two attached hydrogens (primary N) is 1. The normalized spacial score (nSPS) is 12.9. The second kappa shape index (κ2) is 5.20. The molecular formula is C10H15N5S. The summed E-state index contributed by atoms with van der Waals surface area (Å²) in [6.45, 7) is 1.50. The molecule has 1 atom stereocenters. The van der Waals surface area contributed by atoms with Gasteiger partial charge in [-0.25, -0.2) is 4.98 Å². The molecule has 0 saturated carbocycles. The van der Waals surface area contributed by atoms with Gasteiger partial charge in [-0.2, -0.15) is 5.10 Å². The molecule has 2 aromatic rings. The summed E-state index contributed by atoms with van der Waals surface area (Å²) in [7, 11) is 1.89. The minimum absolute atomic E-state index is 0.0198. The number of rotatable bonds is 5. The number of aromatic nitrogens is 3. The van der Waals surface area contributed by atoms with Crippen LogP contribution in [0.1, 0.15) is 16.6 Å². The van der Waals surface area contributed by atoms with Crippen LogP contribution in [0.4, 0.5) is 0 Å². The summed E-state index contributed by atoms with van der Waals surface area (Å²) in [5, 5.41) is 10.4. The summed E-state index contributed by atoms with van der Waals surface area (Å²) in [5.74, 6) is 0. The lowest BCUT2D eigenvalue weighted by Gasteiger charge is -2.09. The molecule has 16 heavy (non-hydrogen) atoms. The quantitative estimate of drug-likeness (QED) is 0.802. The standard InChI is InChI=1S/C10H15N5S/c1-15-7-8(4-14-15)9(11)5-12-6-10-13-2-3-16-10/h2-4,7,9,12H,5-6,11H2,1H3. The minimum Gasteiger partial charge on any atom is -0.323 e. The van der Waals surface area contributed by atoms with E-state index in [0.29, 0.717) is 0 Å². The van der Waals surface area contributed by atoms with Crippen LogP contribution in [-0.4, -0.2) is 21.3 Å². The Bertz CT molecular complexity index is 422. The van der Waals surface area contributed by atoms with Gasteiger partial charge in [-0.1, -0.05) is 0 Å². The summed E-state index contributed by atoms with van der Waals surface area (Å²) in [5.41, 5.74) is 7.07. The zero-order chi connectivity index (χ0) is 11.4. The highest BCUT2D eigenvalue weighted by atomic mass is 32.1. The first-order chi connectivity index (χ1) is 7.75. The molecule has 0 aromatic carbocycles. The average Bonchev–Trinajstić information content (AvgIpc) is 2.89. The molecule has 3 N–H and O–H groups in total. The predicted octanol–water partition coefficient (Wildman–Crippen LogP) is 0.666. The molecular weight excluding hydrogens is 222 g/mol. The summed E-state index contributed by atoms with van der Waals surface area (Å²) < 4.78 is 1.76. The molecule has 5 nitrogen and oxygen atoms in total. The fourth-order valence-corrected chi connectivity index (χ4v) is 2.01. The van der Waals surface area contributed by atoms with Crippen molar-refractivity contribution in [2.45, 2.75) is 12.6 Å². The highest BCUT2D eigenvalue weighted by Gasteiger charge is 2.07. The minimum atomic E-state index is -0.0198. The van der Waals surface area contributed by atoms with Crippen LogP contribution >= 0.6 is 11.3 Å².